The van der Waals surface area contributed by atoms with Crippen molar-refractivity contribution in [2.24, 2.45) is 0 Å². The molecule has 3 aromatic carbocycles. The van der Waals surface area contributed by atoms with Crippen LogP contribution in [0.3, 0.4) is 0 Å². The molecular weight excluding hydrogens is 395 g/mol. The molecule has 0 fully saturated rings. The number of hydrogen-bond acceptors (Lipinski definition) is 3. The largest absolute Gasteiger partial charge is 0.351 e. The zero-order chi connectivity index (χ0) is 19.3. The summed E-state index contributed by atoms with van der Waals surface area (Å²) in [6.45, 7) is 0. The minimum atomic E-state index is -1.05. The van der Waals surface area contributed by atoms with Crippen molar-refractivity contribution in [3.05, 3.63) is 92.5 Å². The number of ketones is 2. The first-order valence-corrected chi connectivity index (χ1v) is 8.57. The van der Waals surface area contributed by atoms with Gasteiger partial charge in [-0.3, -0.25) is 9.59 Å². The highest BCUT2D eigenvalue weighted by molar-refractivity contribution is 6.39. The smallest absolute Gasteiger partial charge is 0.197 e. The number of para-hydroxylation sites is 1. The minimum absolute atomic E-state index is 0.0289. The van der Waals surface area contributed by atoms with Crippen molar-refractivity contribution >= 4 is 46.1 Å². The molecule has 0 unspecified atom stereocenters. The van der Waals surface area contributed by atoms with Gasteiger partial charge >= 0.3 is 0 Å². The quantitative estimate of drug-likeness (QED) is 0.460. The van der Waals surface area contributed by atoms with E-state index in [4.69, 9.17) is 23.2 Å². The van der Waals surface area contributed by atoms with Crippen LogP contribution in [0.1, 0.15) is 31.8 Å². The van der Waals surface area contributed by atoms with Crippen LogP contribution in [0.15, 0.2) is 48.5 Å². The van der Waals surface area contributed by atoms with Crippen LogP contribution < -0.4 is 5.32 Å². The van der Waals surface area contributed by atoms with Crippen LogP contribution in [-0.4, -0.2) is 11.6 Å². The van der Waals surface area contributed by atoms with Gasteiger partial charge in [-0.15, -0.1) is 0 Å². The van der Waals surface area contributed by atoms with Gasteiger partial charge in [-0.2, -0.15) is 0 Å². The van der Waals surface area contributed by atoms with E-state index in [0.717, 1.165) is 6.07 Å². The summed E-state index contributed by atoms with van der Waals surface area (Å²) in [6.07, 6.45) is 0. The van der Waals surface area contributed by atoms with E-state index < -0.39 is 34.3 Å². The van der Waals surface area contributed by atoms with E-state index >= 15 is 4.39 Å². The molecule has 134 valence electrons. The van der Waals surface area contributed by atoms with E-state index in [-0.39, 0.29) is 32.5 Å². The third-order valence-corrected chi connectivity index (χ3v) is 4.94. The molecule has 7 heteroatoms. The Kier molecular flexibility index (Phi) is 4.21. The average Bonchev–Trinajstić information content (AvgIpc) is 2.65. The average molecular weight is 404 g/mol. The number of carbonyl (C=O) groups is 2. The van der Waals surface area contributed by atoms with Crippen LogP contribution in [0.4, 0.5) is 20.2 Å². The Balaban J connectivity index is 1.91. The van der Waals surface area contributed by atoms with E-state index in [2.05, 4.69) is 5.32 Å². The molecule has 1 aliphatic rings. The number of nitrogens with one attached hydrogen (secondary N) is 1. The Morgan fingerprint density at radius 1 is 0.778 bits per heavy atom. The summed E-state index contributed by atoms with van der Waals surface area (Å²) in [4.78, 5) is 25.3. The Morgan fingerprint density at radius 3 is 1.93 bits per heavy atom. The molecule has 0 aliphatic heterocycles. The van der Waals surface area contributed by atoms with Gasteiger partial charge in [0.15, 0.2) is 17.4 Å². The molecule has 27 heavy (non-hydrogen) atoms. The lowest BCUT2D eigenvalue weighted by Crippen LogP contribution is -2.24. The van der Waals surface area contributed by atoms with Gasteiger partial charge in [0.1, 0.15) is 5.82 Å². The van der Waals surface area contributed by atoms with Crippen LogP contribution in [-0.2, 0) is 0 Å². The second kappa shape index (κ2) is 6.44. The third kappa shape index (κ3) is 2.71. The maximum Gasteiger partial charge on any atom is 0.197 e. The molecule has 1 aliphatic carbocycles. The zero-order valence-electron chi connectivity index (χ0n) is 13.4. The van der Waals surface area contributed by atoms with E-state index in [1.807, 2.05) is 0 Å². The molecule has 0 radical (unpaired) electrons. The van der Waals surface area contributed by atoms with Crippen LogP contribution in [0.25, 0.3) is 0 Å². The first-order chi connectivity index (χ1) is 12.9. The lowest BCUT2D eigenvalue weighted by atomic mass is 9.83. The minimum Gasteiger partial charge on any atom is -0.351 e. The number of fused-ring (bicyclic) bond motifs is 2. The van der Waals surface area contributed by atoms with Crippen LogP contribution in [0.5, 0.6) is 0 Å². The highest BCUT2D eigenvalue weighted by Crippen LogP contribution is 2.38. The molecular formula is C20H9Cl2F2NO2. The van der Waals surface area contributed by atoms with Crippen molar-refractivity contribution in [3.8, 4) is 0 Å². The Labute approximate surface area is 162 Å². The molecule has 1 N–H and O–H groups in total. The van der Waals surface area contributed by atoms with Crippen molar-refractivity contribution < 1.29 is 18.4 Å². The van der Waals surface area contributed by atoms with Crippen molar-refractivity contribution in [1.29, 1.82) is 0 Å². The zero-order valence-corrected chi connectivity index (χ0v) is 15.0. The summed E-state index contributed by atoms with van der Waals surface area (Å²) in [5.41, 5.74) is -1.29. The predicted octanol–water partition coefficient (Wildman–Crippen LogP) is 5.79. The van der Waals surface area contributed by atoms with Gasteiger partial charge < -0.3 is 5.32 Å². The lowest BCUT2D eigenvalue weighted by molar-refractivity contribution is 0.0972. The Morgan fingerprint density at radius 2 is 1.33 bits per heavy atom. The van der Waals surface area contributed by atoms with Gasteiger partial charge in [-0.05, 0) is 12.1 Å². The normalized spacial score (nSPS) is 12.6. The Bertz CT molecular complexity index is 1120. The van der Waals surface area contributed by atoms with Gasteiger partial charge in [0, 0.05) is 17.2 Å². The summed E-state index contributed by atoms with van der Waals surface area (Å²) in [5.74, 6) is -3.55. The molecule has 0 saturated heterocycles. The van der Waals surface area contributed by atoms with Gasteiger partial charge in [0.2, 0.25) is 0 Å². The monoisotopic (exact) mass is 403 g/mol. The standard InChI is InChI=1S/C20H9Cl2F2NO2/c21-11-6-3-7-12(22)18(11)25-14-8-13(23)15-16(17(14)24)20(27)10-5-2-1-4-9(10)19(15)26/h1-8,25H. The molecule has 0 aromatic heterocycles. The second-order valence-electron chi connectivity index (χ2n) is 5.90. The van der Waals surface area contributed by atoms with Gasteiger partial charge in [-0.1, -0.05) is 53.5 Å². The van der Waals surface area contributed by atoms with E-state index in [1.165, 1.54) is 24.3 Å². The molecule has 3 aromatic rings. The topological polar surface area (TPSA) is 46.2 Å². The van der Waals surface area contributed by atoms with Crippen molar-refractivity contribution in [1.82, 2.24) is 0 Å². The second-order valence-corrected chi connectivity index (χ2v) is 6.71. The highest BCUT2D eigenvalue weighted by atomic mass is 35.5. The molecule has 0 atom stereocenters. The summed E-state index contributed by atoms with van der Waals surface area (Å²) < 4.78 is 29.8. The fraction of sp³-hybridized carbons (Fsp3) is 0. The molecule has 0 heterocycles. The fourth-order valence-corrected chi connectivity index (χ4v) is 3.54. The van der Waals surface area contributed by atoms with Crippen LogP contribution in [0, 0.1) is 11.6 Å². The lowest BCUT2D eigenvalue weighted by Gasteiger charge is -2.20. The maximum absolute atomic E-state index is 15.1. The maximum atomic E-state index is 15.1. The fourth-order valence-electron chi connectivity index (χ4n) is 3.05. The molecule has 0 spiro atoms. The number of benzene rings is 3. The van der Waals surface area contributed by atoms with Gasteiger partial charge in [0.25, 0.3) is 0 Å². The first-order valence-electron chi connectivity index (χ1n) is 7.81. The van der Waals surface area contributed by atoms with Crippen LogP contribution >= 0.6 is 23.2 Å². The number of hydrogen-bond donors (Lipinski definition) is 1. The number of rotatable bonds is 2. The number of anilines is 2. The Hall–Kier alpha value is -2.76. The van der Waals surface area contributed by atoms with Crippen molar-refractivity contribution in [2.45, 2.75) is 0 Å². The summed E-state index contributed by atoms with van der Waals surface area (Å²) >= 11 is 12.1. The predicted molar refractivity (Wildman–Crippen MR) is 99.4 cm³/mol. The first kappa shape index (κ1) is 17.6. The van der Waals surface area contributed by atoms with Crippen molar-refractivity contribution in [2.75, 3.05) is 5.32 Å². The third-order valence-electron chi connectivity index (χ3n) is 4.31. The molecule has 0 bridgehead atoms. The summed E-state index contributed by atoms with van der Waals surface area (Å²) in [5, 5.41) is 2.99. The van der Waals surface area contributed by atoms with Gasteiger partial charge in [-0.25, -0.2) is 8.78 Å². The van der Waals surface area contributed by atoms with Gasteiger partial charge in [0.05, 0.1) is 32.5 Å². The SMILES string of the molecule is O=C1c2ccccc2C(=O)c2c(F)c(Nc3c(Cl)cccc3Cl)cc(F)c21. The molecule has 0 amide bonds. The molecule has 0 saturated carbocycles. The van der Waals surface area contributed by atoms with E-state index in [1.54, 1.807) is 18.2 Å². The summed E-state index contributed by atoms with van der Waals surface area (Å²) in [6, 6.07) is 11.4. The van der Waals surface area contributed by atoms with E-state index in [0.29, 0.717) is 0 Å². The van der Waals surface area contributed by atoms with E-state index in [9.17, 15) is 14.0 Å². The summed E-state index contributed by atoms with van der Waals surface area (Å²) in [7, 11) is 0. The molecule has 4 rings (SSSR count). The number of carbonyl (C=O) groups excluding carboxylic acids is 2. The highest BCUT2D eigenvalue weighted by Gasteiger charge is 2.36. The molecule has 3 nitrogen and oxygen atoms in total. The number of halogens is 4. The van der Waals surface area contributed by atoms with Crippen LogP contribution in [0.2, 0.25) is 10.0 Å². The van der Waals surface area contributed by atoms with Crippen molar-refractivity contribution in [3.63, 3.8) is 0 Å².